The second kappa shape index (κ2) is 5.96. The van der Waals surface area contributed by atoms with Gasteiger partial charge in [-0.15, -0.1) is 0 Å². The lowest BCUT2D eigenvalue weighted by atomic mass is 10.2. The Hall–Kier alpha value is -2.01. The lowest BCUT2D eigenvalue weighted by Crippen LogP contribution is -2.25. The lowest BCUT2D eigenvalue weighted by Gasteiger charge is -2.24. The zero-order chi connectivity index (χ0) is 14.7. The first-order valence-electron chi connectivity index (χ1n) is 6.35. The predicted octanol–water partition coefficient (Wildman–Crippen LogP) is 3.30. The molecule has 0 saturated carbocycles. The average molecular weight is 292 g/mol. The van der Waals surface area contributed by atoms with E-state index in [0.717, 1.165) is 11.4 Å². The van der Waals surface area contributed by atoms with E-state index in [1.165, 1.54) is 0 Å². The van der Waals surface area contributed by atoms with Gasteiger partial charge in [-0.05, 0) is 32.0 Å². The second-order valence-corrected chi connectivity index (χ2v) is 5.20. The number of hydrogen-bond acceptors (Lipinski definition) is 5. The van der Waals surface area contributed by atoms with Crippen molar-refractivity contribution in [2.24, 2.45) is 0 Å². The number of nitrogens with two attached hydrogens (primary N) is 1. The molecule has 6 heteroatoms. The molecule has 20 heavy (non-hydrogen) atoms. The number of nitrogens with one attached hydrogen (secondary N) is 1. The van der Waals surface area contributed by atoms with Gasteiger partial charge in [0.2, 0.25) is 5.95 Å². The van der Waals surface area contributed by atoms with E-state index in [0.29, 0.717) is 17.0 Å². The van der Waals surface area contributed by atoms with Crippen LogP contribution in [-0.4, -0.2) is 23.1 Å². The summed E-state index contributed by atoms with van der Waals surface area (Å²) < 4.78 is 0. The number of rotatable bonds is 4. The average Bonchev–Trinajstić information content (AvgIpc) is 2.36. The van der Waals surface area contributed by atoms with Gasteiger partial charge in [0, 0.05) is 30.5 Å². The Morgan fingerprint density at radius 2 is 2.00 bits per heavy atom. The Morgan fingerprint density at radius 3 is 2.65 bits per heavy atom. The van der Waals surface area contributed by atoms with Crippen LogP contribution in [0.5, 0.6) is 0 Å². The summed E-state index contributed by atoms with van der Waals surface area (Å²) in [6.07, 6.45) is 0. The van der Waals surface area contributed by atoms with E-state index < -0.39 is 0 Å². The molecule has 106 valence electrons. The van der Waals surface area contributed by atoms with Crippen molar-refractivity contribution in [1.82, 2.24) is 9.97 Å². The van der Waals surface area contributed by atoms with Crippen LogP contribution < -0.4 is 16.0 Å². The van der Waals surface area contributed by atoms with Gasteiger partial charge in [0.15, 0.2) is 0 Å². The summed E-state index contributed by atoms with van der Waals surface area (Å²) >= 11 is 5.86. The fourth-order valence-electron chi connectivity index (χ4n) is 1.75. The van der Waals surface area contributed by atoms with Gasteiger partial charge in [-0.25, -0.2) is 4.98 Å². The molecular formula is C14H18ClN5. The molecule has 0 atom stereocenters. The van der Waals surface area contributed by atoms with Crippen LogP contribution in [0.3, 0.4) is 0 Å². The molecule has 0 fully saturated rings. The number of nitrogens with zero attached hydrogens (tertiary/aromatic N) is 3. The summed E-state index contributed by atoms with van der Waals surface area (Å²) in [6, 6.07) is 10.1. The molecule has 2 aromatic rings. The maximum absolute atomic E-state index is 5.86. The van der Waals surface area contributed by atoms with Crippen LogP contribution >= 0.6 is 11.6 Å². The van der Waals surface area contributed by atoms with Crippen molar-refractivity contribution < 1.29 is 0 Å². The van der Waals surface area contributed by atoms with E-state index in [4.69, 9.17) is 17.3 Å². The summed E-state index contributed by atoms with van der Waals surface area (Å²) in [5.74, 6) is 0.724. The van der Waals surface area contributed by atoms with Crippen LogP contribution in [0, 0.1) is 0 Å². The standard InChI is InChI=1S/C14H18ClN5/c1-9(2)20(3)11-6-4-5-10(7-11)17-13-8-12(15)18-14(16)19-13/h4-9H,1-3H3,(H3,16,17,18,19). The highest BCUT2D eigenvalue weighted by atomic mass is 35.5. The Balaban J connectivity index is 2.23. The van der Waals surface area contributed by atoms with Crippen molar-refractivity contribution in [3.8, 4) is 0 Å². The summed E-state index contributed by atoms with van der Waals surface area (Å²) in [7, 11) is 2.06. The summed E-state index contributed by atoms with van der Waals surface area (Å²) in [5.41, 5.74) is 7.62. The molecule has 0 radical (unpaired) electrons. The van der Waals surface area contributed by atoms with Gasteiger partial charge in [0.1, 0.15) is 11.0 Å². The van der Waals surface area contributed by atoms with E-state index in [9.17, 15) is 0 Å². The molecule has 1 aromatic heterocycles. The third kappa shape index (κ3) is 3.51. The van der Waals surface area contributed by atoms with Crippen LogP contribution in [0.25, 0.3) is 0 Å². The van der Waals surface area contributed by atoms with Crippen LogP contribution in [0.15, 0.2) is 30.3 Å². The fraction of sp³-hybridized carbons (Fsp3) is 0.286. The molecule has 2 rings (SSSR count). The zero-order valence-corrected chi connectivity index (χ0v) is 12.5. The molecule has 0 amide bonds. The Morgan fingerprint density at radius 1 is 1.25 bits per heavy atom. The largest absolute Gasteiger partial charge is 0.372 e. The third-order valence-corrected chi connectivity index (χ3v) is 3.21. The van der Waals surface area contributed by atoms with Gasteiger partial charge < -0.3 is 16.0 Å². The first-order valence-corrected chi connectivity index (χ1v) is 6.73. The van der Waals surface area contributed by atoms with Gasteiger partial charge in [-0.2, -0.15) is 4.98 Å². The van der Waals surface area contributed by atoms with Crippen molar-refractivity contribution >= 4 is 34.7 Å². The number of nitrogen functional groups attached to an aromatic ring is 1. The monoisotopic (exact) mass is 291 g/mol. The molecule has 1 aromatic carbocycles. The molecule has 1 heterocycles. The highest BCUT2D eigenvalue weighted by molar-refractivity contribution is 6.29. The maximum Gasteiger partial charge on any atom is 0.223 e. The minimum absolute atomic E-state index is 0.149. The Bertz CT molecular complexity index is 580. The second-order valence-electron chi connectivity index (χ2n) is 4.81. The normalized spacial score (nSPS) is 10.7. The quantitative estimate of drug-likeness (QED) is 0.846. The predicted molar refractivity (Wildman–Crippen MR) is 84.7 cm³/mol. The van der Waals surface area contributed by atoms with Gasteiger partial charge in [-0.3, -0.25) is 0 Å². The van der Waals surface area contributed by atoms with Crippen molar-refractivity contribution in [1.29, 1.82) is 0 Å². The zero-order valence-electron chi connectivity index (χ0n) is 11.8. The number of hydrogen-bond donors (Lipinski definition) is 2. The van der Waals surface area contributed by atoms with E-state index in [1.54, 1.807) is 6.07 Å². The van der Waals surface area contributed by atoms with Crippen molar-refractivity contribution in [2.45, 2.75) is 19.9 Å². The molecule has 0 aliphatic rings. The number of benzene rings is 1. The molecule has 0 aliphatic heterocycles. The molecule has 0 unspecified atom stereocenters. The van der Waals surface area contributed by atoms with E-state index in [-0.39, 0.29) is 5.95 Å². The third-order valence-electron chi connectivity index (χ3n) is 3.01. The summed E-state index contributed by atoms with van der Waals surface area (Å²) in [4.78, 5) is 10.1. The van der Waals surface area contributed by atoms with Gasteiger partial charge in [-0.1, -0.05) is 17.7 Å². The number of anilines is 4. The van der Waals surface area contributed by atoms with Gasteiger partial charge >= 0.3 is 0 Å². The smallest absolute Gasteiger partial charge is 0.223 e. The first-order chi connectivity index (χ1) is 9.45. The first kappa shape index (κ1) is 14.4. The van der Waals surface area contributed by atoms with Crippen LogP contribution in [0.2, 0.25) is 5.15 Å². The Kier molecular flexibility index (Phi) is 4.29. The summed E-state index contributed by atoms with van der Waals surface area (Å²) in [5, 5.41) is 3.49. The minimum Gasteiger partial charge on any atom is -0.372 e. The highest BCUT2D eigenvalue weighted by Crippen LogP contribution is 2.23. The van der Waals surface area contributed by atoms with Crippen molar-refractivity contribution in [2.75, 3.05) is 23.0 Å². The van der Waals surface area contributed by atoms with Gasteiger partial charge in [0.05, 0.1) is 0 Å². The molecule has 5 nitrogen and oxygen atoms in total. The van der Waals surface area contributed by atoms with E-state index in [1.807, 2.05) is 18.2 Å². The molecule has 3 N–H and O–H groups in total. The fourth-order valence-corrected chi connectivity index (χ4v) is 1.94. The van der Waals surface area contributed by atoms with E-state index >= 15 is 0 Å². The van der Waals surface area contributed by atoms with Crippen LogP contribution in [0.1, 0.15) is 13.8 Å². The molecular weight excluding hydrogens is 274 g/mol. The topological polar surface area (TPSA) is 67.1 Å². The number of halogens is 1. The van der Waals surface area contributed by atoms with Gasteiger partial charge in [0.25, 0.3) is 0 Å². The van der Waals surface area contributed by atoms with Crippen LogP contribution in [0.4, 0.5) is 23.1 Å². The summed E-state index contributed by atoms with van der Waals surface area (Å²) in [6.45, 7) is 4.29. The number of aromatic nitrogens is 2. The minimum atomic E-state index is 0.149. The molecule has 0 bridgehead atoms. The SMILES string of the molecule is CC(C)N(C)c1cccc(Nc2cc(Cl)nc(N)n2)c1. The molecule has 0 aliphatic carbocycles. The Labute approximate surface area is 123 Å². The van der Waals surface area contributed by atoms with Crippen molar-refractivity contribution in [3.05, 3.63) is 35.5 Å². The maximum atomic E-state index is 5.86. The van der Waals surface area contributed by atoms with Crippen LogP contribution in [-0.2, 0) is 0 Å². The molecule has 0 saturated heterocycles. The lowest BCUT2D eigenvalue weighted by molar-refractivity contribution is 0.755. The highest BCUT2D eigenvalue weighted by Gasteiger charge is 2.06. The van der Waals surface area contributed by atoms with Crippen molar-refractivity contribution in [3.63, 3.8) is 0 Å². The van der Waals surface area contributed by atoms with E-state index in [2.05, 4.69) is 47.1 Å². The molecule has 0 spiro atoms.